The van der Waals surface area contributed by atoms with Crippen molar-refractivity contribution in [3.05, 3.63) is 0 Å². The summed E-state index contributed by atoms with van der Waals surface area (Å²) in [5.74, 6) is 0. The third-order valence-electron chi connectivity index (χ3n) is 2.43. The first-order valence-corrected chi connectivity index (χ1v) is 5.10. The van der Waals surface area contributed by atoms with E-state index in [0.717, 1.165) is 32.0 Å². The highest BCUT2D eigenvalue weighted by molar-refractivity contribution is 4.84. The molecule has 13 heavy (non-hydrogen) atoms. The third kappa shape index (κ3) is 4.25. The minimum atomic E-state index is 0.259. The molecule has 3 heteroatoms. The Hall–Kier alpha value is -0.590. The van der Waals surface area contributed by atoms with Crippen LogP contribution in [-0.4, -0.2) is 35.7 Å². The zero-order valence-corrected chi connectivity index (χ0v) is 8.08. The average Bonchev–Trinajstić information content (AvgIpc) is 2.93. The number of hydrogen-bond acceptors (Lipinski definition) is 3. The summed E-state index contributed by atoms with van der Waals surface area (Å²) in [4.78, 5) is 2.34. The van der Waals surface area contributed by atoms with Crippen molar-refractivity contribution in [2.24, 2.45) is 0 Å². The van der Waals surface area contributed by atoms with Crippen molar-refractivity contribution in [3.63, 3.8) is 0 Å². The molecule has 0 spiro atoms. The first-order chi connectivity index (χ1) is 6.38. The normalized spacial score (nSPS) is 16.1. The molecule has 0 heterocycles. The fraction of sp³-hybridized carbons (Fsp3) is 0.900. The van der Waals surface area contributed by atoms with E-state index in [1.165, 1.54) is 12.8 Å². The summed E-state index contributed by atoms with van der Waals surface area (Å²) >= 11 is 0. The van der Waals surface area contributed by atoms with Crippen LogP contribution in [0, 0.1) is 11.3 Å². The van der Waals surface area contributed by atoms with E-state index >= 15 is 0 Å². The lowest BCUT2D eigenvalue weighted by molar-refractivity contribution is 0.187. The molecule has 1 aliphatic carbocycles. The molecule has 1 aliphatic rings. The maximum atomic E-state index is 8.82. The molecule has 0 aromatic carbocycles. The summed E-state index contributed by atoms with van der Waals surface area (Å²) in [7, 11) is 0. The number of nitriles is 1. The van der Waals surface area contributed by atoms with E-state index in [1.807, 2.05) is 0 Å². The van der Waals surface area contributed by atoms with Gasteiger partial charge in [-0.1, -0.05) is 0 Å². The van der Waals surface area contributed by atoms with Crippen LogP contribution in [0.5, 0.6) is 0 Å². The number of aliphatic hydroxyl groups excluding tert-OH is 1. The Morgan fingerprint density at radius 2 is 2.08 bits per heavy atom. The number of nitrogens with zero attached hydrogens (tertiary/aromatic N) is 2. The second kappa shape index (κ2) is 5.95. The molecule has 1 N–H and O–H groups in total. The van der Waals surface area contributed by atoms with Crippen LogP contribution >= 0.6 is 0 Å². The Balaban J connectivity index is 2.04. The van der Waals surface area contributed by atoms with Gasteiger partial charge in [-0.25, -0.2) is 0 Å². The zero-order chi connectivity index (χ0) is 9.52. The first kappa shape index (κ1) is 10.5. The molecule has 1 saturated carbocycles. The summed E-state index contributed by atoms with van der Waals surface area (Å²) < 4.78 is 0. The van der Waals surface area contributed by atoms with Crippen LogP contribution in [0.3, 0.4) is 0 Å². The van der Waals surface area contributed by atoms with Gasteiger partial charge in [-0.2, -0.15) is 5.26 Å². The Labute approximate surface area is 80.0 Å². The zero-order valence-electron chi connectivity index (χ0n) is 8.08. The van der Waals surface area contributed by atoms with Crippen LogP contribution in [0.2, 0.25) is 0 Å². The van der Waals surface area contributed by atoms with Crippen LogP contribution in [-0.2, 0) is 0 Å². The fourth-order valence-electron chi connectivity index (χ4n) is 1.56. The van der Waals surface area contributed by atoms with Gasteiger partial charge >= 0.3 is 0 Å². The van der Waals surface area contributed by atoms with Gasteiger partial charge in [0.15, 0.2) is 0 Å². The Kier molecular flexibility index (Phi) is 4.81. The molecular formula is C10H18N2O. The molecule has 0 amide bonds. The SMILES string of the molecule is N#CCCCCN(CCO)C1CC1. The Morgan fingerprint density at radius 3 is 2.62 bits per heavy atom. The van der Waals surface area contributed by atoms with Gasteiger partial charge in [0.25, 0.3) is 0 Å². The van der Waals surface area contributed by atoms with Crippen LogP contribution < -0.4 is 0 Å². The molecule has 1 fully saturated rings. The van der Waals surface area contributed by atoms with E-state index in [1.54, 1.807) is 0 Å². The number of rotatable bonds is 7. The number of hydrogen-bond donors (Lipinski definition) is 1. The van der Waals surface area contributed by atoms with Gasteiger partial charge in [0.2, 0.25) is 0 Å². The standard InChI is InChI=1S/C10H18N2O/c11-6-2-1-3-7-12(8-9-13)10-4-5-10/h10,13H,1-5,7-9H2. The van der Waals surface area contributed by atoms with Crippen molar-refractivity contribution >= 4 is 0 Å². The van der Waals surface area contributed by atoms with Crippen LogP contribution in [0.1, 0.15) is 32.1 Å². The van der Waals surface area contributed by atoms with E-state index < -0.39 is 0 Å². The van der Waals surface area contributed by atoms with Crippen LogP contribution in [0.15, 0.2) is 0 Å². The van der Waals surface area contributed by atoms with E-state index in [-0.39, 0.29) is 6.61 Å². The van der Waals surface area contributed by atoms with Crippen LogP contribution in [0.25, 0.3) is 0 Å². The Bertz CT molecular complexity index is 172. The number of aliphatic hydroxyl groups is 1. The molecule has 0 aromatic rings. The predicted molar refractivity (Wildman–Crippen MR) is 51.1 cm³/mol. The second-order valence-electron chi connectivity index (χ2n) is 3.61. The molecule has 0 bridgehead atoms. The summed E-state index contributed by atoms with van der Waals surface area (Å²) in [6, 6.07) is 2.88. The minimum absolute atomic E-state index is 0.259. The highest BCUT2D eigenvalue weighted by Gasteiger charge is 2.27. The fourth-order valence-corrected chi connectivity index (χ4v) is 1.56. The number of unbranched alkanes of at least 4 members (excludes halogenated alkanes) is 2. The maximum Gasteiger partial charge on any atom is 0.0621 e. The summed E-state index contributed by atoms with van der Waals surface area (Å²) in [6.45, 7) is 2.11. The van der Waals surface area contributed by atoms with Crippen molar-refractivity contribution in [3.8, 4) is 6.07 Å². The van der Waals surface area contributed by atoms with E-state index in [0.29, 0.717) is 6.42 Å². The highest BCUT2D eigenvalue weighted by Crippen LogP contribution is 2.26. The summed E-state index contributed by atoms with van der Waals surface area (Å²) in [6.07, 6.45) is 5.32. The van der Waals surface area contributed by atoms with Gasteiger partial charge < -0.3 is 5.11 Å². The van der Waals surface area contributed by atoms with Crippen molar-refractivity contribution in [2.75, 3.05) is 19.7 Å². The minimum Gasteiger partial charge on any atom is -0.395 e. The van der Waals surface area contributed by atoms with E-state index in [2.05, 4.69) is 11.0 Å². The van der Waals surface area contributed by atoms with Gasteiger partial charge in [0.05, 0.1) is 12.7 Å². The molecule has 0 aliphatic heterocycles. The van der Waals surface area contributed by atoms with Crippen molar-refractivity contribution < 1.29 is 5.11 Å². The monoisotopic (exact) mass is 182 g/mol. The van der Waals surface area contributed by atoms with Crippen molar-refractivity contribution in [1.82, 2.24) is 4.90 Å². The van der Waals surface area contributed by atoms with Crippen molar-refractivity contribution in [1.29, 1.82) is 5.26 Å². The first-order valence-electron chi connectivity index (χ1n) is 5.10. The molecule has 0 atom stereocenters. The molecule has 74 valence electrons. The topological polar surface area (TPSA) is 47.3 Å². The van der Waals surface area contributed by atoms with Gasteiger partial charge in [-0.05, 0) is 32.2 Å². The lowest BCUT2D eigenvalue weighted by atomic mass is 10.2. The largest absolute Gasteiger partial charge is 0.395 e. The van der Waals surface area contributed by atoms with Gasteiger partial charge in [-0.15, -0.1) is 0 Å². The molecule has 0 aromatic heterocycles. The van der Waals surface area contributed by atoms with Crippen LogP contribution in [0.4, 0.5) is 0 Å². The summed E-state index contributed by atoms with van der Waals surface area (Å²) in [5.41, 5.74) is 0. The van der Waals surface area contributed by atoms with E-state index in [9.17, 15) is 0 Å². The Morgan fingerprint density at radius 1 is 1.31 bits per heavy atom. The third-order valence-corrected chi connectivity index (χ3v) is 2.43. The van der Waals surface area contributed by atoms with E-state index in [4.69, 9.17) is 10.4 Å². The lowest BCUT2D eigenvalue weighted by Crippen LogP contribution is -2.30. The quantitative estimate of drug-likeness (QED) is 0.600. The smallest absolute Gasteiger partial charge is 0.0621 e. The molecule has 0 saturated heterocycles. The highest BCUT2D eigenvalue weighted by atomic mass is 16.3. The second-order valence-corrected chi connectivity index (χ2v) is 3.61. The van der Waals surface area contributed by atoms with Gasteiger partial charge in [-0.3, -0.25) is 4.90 Å². The molecule has 0 unspecified atom stereocenters. The molecule has 0 radical (unpaired) electrons. The molecule has 1 rings (SSSR count). The van der Waals surface area contributed by atoms with Crippen molar-refractivity contribution in [2.45, 2.75) is 38.1 Å². The average molecular weight is 182 g/mol. The molecule has 3 nitrogen and oxygen atoms in total. The maximum absolute atomic E-state index is 8.82. The lowest BCUT2D eigenvalue weighted by Gasteiger charge is -2.20. The van der Waals surface area contributed by atoms with Gasteiger partial charge in [0, 0.05) is 19.0 Å². The van der Waals surface area contributed by atoms with Gasteiger partial charge in [0.1, 0.15) is 0 Å². The molecular weight excluding hydrogens is 164 g/mol. The summed E-state index contributed by atoms with van der Waals surface area (Å²) in [5, 5.41) is 17.2. The predicted octanol–water partition coefficient (Wildman–Crippen LogP) is 1.14.